The molecule has 2 aromatic rings. The molecule has 1 unspecified atom stereocenters. The van der Waals surface area contributed by atoms with Crippen molar-refractivity contribution < 1.29 is 4.79 Å². The minimum absolute atomic E-state index is 0.0516. The summed E-state index contributed by atoms with van der Waals surface area (Å²) < 4.78 is 0. The number of carbonyl (C=O) groups is 1. The van der Waals surface area contributed by atoms with Gasteiger partial charge in [-0.2, -0.15) is 0 Å². The molecule has 1 heterocycles. The maximum absolute atomic E-state index is 12.2. The van der Waals surface area contributed by atoms with E-state index in [-0.39, 0.29) is 11.9 Å². The average Bonchev–Trinajstić information content (AvgIpc) is 2.95. The molecule has 0 aliphatic heterocycles. The van der Waals surface area contributed by atoms with Crippen molar-refractivity contribution in [2.24, 2.45) is 5.73 Å². The predicted octanol–water partition coefficient (Wildman–Crippen LogP) is 2.42. The van der Waals surface area contributed by atoms with Crippen molar-refractivity contribution in [2.45, 2.75) is 19.4 Å². The van der Waals surface area contributed by atoms with E-state index in [9.17, 15) is 4.79 Å². The average molecular weight is 298 g/mol. The lowest BCUT2D eigenvalue weighted by Crippen LogP contribution is -2.33. The third kappa shape index (κ3) is 4.75. The molecule has 0 saturated heterocycles. The van der Waals surface area contributed by atoms with Gasteiger partial charge in [0.15, 0.2) is 0 Å². The van der Waals surface area contributed by atoms with Crippen LogP contribution in [-0.2, 0) is 6.42 Å². The van der Waals surface area contributed by atoms with Crippen LogP contribution in [0.1, 0.15) is 27.0 Å². The van der Waals surface area contributed by atoms with Gasteiger partial charge in [-0.15, -0.1) is 11.3 Å². The molecule has 21 heavy (non-hydrogen) atoms. The Morgan fingerprint density at radius 1 is 1.29 bits per heavy atom. The summed E-state index contributed by atoms with van der Waals surface area (Å²) in [6, 6.07) is 13.9. The van der Waals surface area contributed by atoms with Gasteiger partial charge in [-0.1, -0.05) is 42.2 Å². The van der Waals surface area contributed by atoms with Crippen molar-refractivity contribution in [3.05, 3.63) is 57.8 Å². The molecule has 0 aliphatic carbocycles. The van der Waals surface area contributed by atoms with Gasteiger partial charge >= 0.3 is 0 Å². The Morgan fingerprint density at radius 3 is 2.76 bits per heavy atom. The molecule has 3 N–H and O–H groups in total. The van der Waals surface area contributed by atoms with Gasteiger partial charge in [-0.25, -0.2) is 0 Å². The number of rotatable bonds is 4. The van der Waals surface area contributed by atoms with E-state index in [0.717, 1.165) is 11.3 Å². The van der Waals surface area contributed by atoms with Crippen LogP contribution in [0.3, 0.4) is 0 Å². The zero-order valence-electron chi connectivity index (χ0n) is 11.9. The van der Waals surface area contributed by atoms with Crippen LogP contribution in [0.15, 0.2) is 42.5 Å². The van der Waals surface area contributed by atoms with Gasteiger partial charge in [0.2, 0.25) is 0 Å². The molecular formula is C17H18N2OS. The summed E-state index contributed by atoms with van der Waals surface area (Å²) in [6.07, 6.45) is 0.817. The van der Waals surface area contributed by atoms with Crippen molar-refractivity contribution in [3.8, 4) is 11.8 Å². The van der Waals surface area contributed by atoms with Gasteiger partial charge < -0.3 is 11.1 Å². The van der Waals surface area contributed by atoms with Crippen LogP contribution in [0.25, 0.3) is 0 Å². The van der Waals surface area contributed by atoms with Crippen LogP contribution in [-0.4, -0.2) is 18.5 Å². The van der Waals surface area contributed by atoms with Crippen LogP contribution in [0, 0.1) is 11.8 Å². The molecule has 0 saturated carbocycles. The van der Waals surface area contributed by atoms with E-state index in [1.54, 1.807) is 6.07 Å². The number of benzene rings is 1. The second kappa shape index (κ2) is 7.63. The zero-order chi connectivity index (χ0) is 15.1. The molecule has 4 heteroatoms. The number of hydrogen-bond acceptors (Lipinski definition) is 3. The fourth-order valence-corrected chi connectivity index (χ4v) is 2.76. The van der Waals surface area contributed by atoms with Gasteiger partial charge in [-0.05, 0) is 31.0 Å². The summed E-state index contributed by atoms with van der Waals surface area (Å²) in [5.41, 5.74) is 6.55. The summed E-state index contributed by atoms with van der Waals surface area (Å²) in [7, 11) is 0. The number of thiophene rings is 1. The van der Waals surface area contributed by atoms with E-state index in [1.807, 2.05) is 31.2 Å². The Morgan fingerprint density at radius 2 is 2.05 bits per heavy atom. The SMILES string of the molecule is CC(Cc1ccccc1)NC(=O)c1ccc(C#CCN)s1. The Bertz CT molecular complexity index is 652. The first kappa shape index (κ1) is 15.3. The second-order valence-corrected chi connectivity index (χ2v) is 5.82. The van der Waals surface area contributed by atoms with E-state index in [4.69, 9.17) is 5.73 Å². The Kier molecular flexibility index (Phi) is 5.56. The third-order valence-corrected chi connectivity index (χ3v) is 3.91. The fraction of sp³-hybridized carbons (Fsp3) is 0.235. The molecule has 0 fully saturated rings. The molecule has 1 amide bonds. The van der Waals surface area contributed by atoms with Crippen LogP contribution < -0.4 is 11.1 Å². The first-order chi connectivity index (χ1) is 10.2. The van der Waals surface area contributed by atoms with Gasteiger partial charge in [0.1, 0.15) is 0 Å². The minimum Gasteiger partial charge on any atom is -0.349 e. The monoisotopic (exact) mass is 298 g/mol. The molecule has 108 valence electrons. The van der Waals surface area contributed by atoms with Crippen LogP contribution in [0.4, 0.5) is 0 Å². The molecule has 0 spiro atoms. The summed E-state index contributed by atoms with van der Waals surface area (Å²) in [5.74, 6) is 5.67. The van der Waals surface area contributed by atoms with Crippen molar-refractivity contribution in [1.82, 2.24) is 5.32 Å². The van der Waals surface area contributed by atoms with Crippen molar-refractivity contribution in [1.29, 1.82) is 0 Å². The predicted molar refractivity (Wildman–Crippen MR) is 87.3 cm³/mol. The summed E-state index contributed by atoms with van der Waals surface area (Å²) >= 11 is 1.39. The first-order valence-corrected chi connectivity index (χ1v) is 7.64. The maximum Gasteiger partial charge on any atom is 0.261 e. The van der Waals surface area contributed by atoms with Crippen LogP contribution in [0.2, 0.25) is 0 Å². The number of amides is 1. The summed E-state index contributed by atoms with van der Waals surface area (Å²) in [6.45, 7) is 2.33. The summed E-state index contributed by atoms with van der Waals surface area (Å²) in [4.78, 5) is 13.7. The van der Waals surface area contributed by atoms with E-state index < -0.39 is 0 Å². The number of hydrogen-bond donors (Lipinski definition) is 2. The highest BCUT2D eigenvalue weighted by Crippen LogP contribution is 2.15. The van der Waals surface area contributed by atoms with E-state index in [1.165, 1.54) is 16.9 Å². The zero-order valence-corrected chi connectivity index (χ0v) is 12.7. The Hall–Kier alpha value is -2.09. The van der Waals surface area contributed by atoms with E-state index in [0.29, 0.717) is 11.4 Å². The minimum atomic E-state index is -0.0516. The van der Waals surface area contributed by atoms with Gasteiger partial charge in [0, 0.05) is 6.04 Å². The highest BCUT2D eigenvalue weighted by Gasteiger charge is 2.12. The molecule has 1 aromatic heterocycles. The molecule has 1 aromatic carbocycles. The van der Waals surface area contributed by atoms with Crippen molar-refractivity contribution in [2.75, 3.05) is 6.54 Å². The summed E-state index contributed by atoms with van der Waals surface area (Å²) in [5, 5.41) is 3.01. The number of nitrogens with one attached hydrogen (secondary N) is 1. The normalized spacial score (nSPS) is 11.3. The first-order valence-electron chi connectivity index (χ1n) is 6.82. The molecule has 1 atom stereocenters. The van der Waals surface area contributed by atoms with E-state index in [2.05, 4.69) is 29.3 Å². The second-order valence-electron chi connectivity index (χ2n) is 4.73. The maximum atomic E-state index is 12.2. The highest BCUT2D eigenvalue weighted by molar-refractivity contribution is 7.14. The molecule has 0 aliphatic rings. The highest BCUT2D eigenvalue weighted by atomic mass is 32.1. The number of carbonyl (C=O) groups excluding carboxylic acids is 1. The van der Waals surface area contributed by atoms with Crippen LogP contribution in [0.5, 0.6) is 0 Å². The lowest BCUT2D eigenvalue weighted by atomic mass is 10.1. The molecular weight excluding hydrogens is 280 g/mol. The quantitative estimate of drug-likeness (QED) is 0.852. The Balaban J connectivity index is 1.93. The van der Waals surface area contributed by atoms with Crippen LogP contribution >= 0.6 is 11.3 Å². The molecule has 0 radical (unpaired) electrons. The van der Waals surface area contributed by atoms with Gasteiger partial charge in [-0.3, -0.25) is 4.79 Å². The lowest BCUT2D eigenvalue weighted by Gasteiger charge is -2.13. The largest absolute Gasteiger partial charge is 0.349 e. The van der Waals surface area contributed by atoms with Gasteiger partial charge in [0.25, 0.3) is 5.91 Å². The van der Waals surface area contributed by atoms with Gasteiger partial charge in [0.05, 0.1) is 16.3 Å². The van der Waals surface area contributed by atoms with Crippen molar-refractivity contribution >= 4 is 17.2 Å². The fourth-order valence-electron chi connectivity index (χ4n) is 1.98. The van der Waals surface area contributed by atoms with E-state index >= 15 is 0 Å². The standard InChI is InChI=1S/C17H18N2OS/c1-13(12-14-6-3-2-4-7-14)19-17(20)16-10-9-15(21-16)8-5-11-18/h2-4,6-7,9-10,13H,11-12,18H2,1H3,(H,19,20). The number of nitrogens with two attached hydrogens (primary N) is 1. The lowest BCUT2D eigenvalue weighted by molar-refractivity contribution is 0.0944. The third-order valence-electron chi connectivity index (χ3n) is 2.91. The topological polar surface area (TPSA) is 55.1 Å². The molecule has 0 bridgehead atoms. The molecule has 2 rings (SSSR count). The Labute approximate surface area is 129 Å². The smallest absolute Gasteiger partial charge is 0.261 e. The van der Waals surface area contributed by atoms with Crippen molar-refractivity contribution in [3.63, 3.8) is 0 Å². The molecule has 3 nitrogen and oxygen atoms in total.